The van der Waals surface area contributed by atoms with Gasteiger partial charge in [0, 0.05) is 12.0 Å². The number of carbonyl (C=O) groups is 2. The summed E-state index contributed by atoms with van der Waals surface area (Å²) < 4.78 is 38.5. The lowest BCUT2D eigenvalue weighted by molar-refractivity contribution is -0.186. The van der Waals surface area contributed by atoms with Crippen molar-refractivity contribution in [2.45, 2.75) is 70.0 Å². The molecule has 2 saturated carbocycles. The third-order valence-electron chi connectivity index (χ3n) is 5.17. The number of nitrogens with one attached hydrogen (secondary N) is 1. The van der Waals surface area contributed by atoms with E-state index in [2.05, 4.69) is 5.32 Å². The second-order valence-corrected chi connectivity index (χ2v) is 6.80. The van der Waals surface area contributed by atoms with Crippen molar-refractivity contribution in [3.63, 3.8) is 0 Å². The molecule has 2 fully saturated rings. The van der Waals surface area contributed by atoms with Crippen LogP contribution in [-0.2, 0) is 9.59 Å². The van der Waals surface area contributed by atoms with Gasteiger partial charge >= 0.3 is 12.1 Å². The zero-order valence-electron chi connectivity index (χ0n) is 13.1. The second-order valence-electron chi connectivity index (χ2n) is 6.80. The van der Waals surface area contributed by atoms with Gasteiger partial charge in [0.25, 0.3) is 0 Å². The van der Waals surface area contributed by atoms with E-state index in [4.69, 9.17) is 0 Å². The molecular weight excluding hydrogens is 311 g/mol. The van der Waals surface area contributed by atoms with Gasteiger partial charge in [-0.15, -0.1) is 0 Å². The van der Waals surface area contributed by atoms with Crippen molar-refractivity contribution in [2.75, 3.05) is 0 Å². The molecule has 7 heteroatoms. The first kappa shape index (κ1) is 18.1. The van der Waals surface area contributed by atoms with Crippen LogP contribution in [0.2, 0.25) is 0 Å². The number of carboxylic acids is 1. The molecule has 0 heterocycles. The van der Waals surface area contributed by atoms with E-state index in [9.17, 15) is 27.9 Å². The van der Waals surface area contributed by atoms with E-state index in [-0.39, 0.29) is 12.8 Å². The highest BCUT2D eigenvalue weighted by Crippen LogP contribution is 2.40. The summed E-state index contributed by atoms with van der Waals surface area (Å²) >= 11 is 0. The van der Waals surface area contributed by atoms with Crippen molar-refractivity contribution in [3.05, 3.63) is 0 Å². The fourth-order valence-electron chi connectivity index (χ4n) is 3.80. The molecule has 2 rings (SSSR count). The predicted octanol–water partition coefficient (Wildman–Crippen LogP) is 3.50. The number of hydrogen-bond donors (Lipinski definition) is 2. The van der Waals surface area contributed by atoms with Gasteiger partial charge in [-0.2, -0.15) is 13.2 Å². The molecule has 23 heavy (non-hydrogen) atoms. The van der Waals surface area contributed by atoms with Crippen LogP contribution < -0.4 is 5.32 Å². The first-order valence-electron chi connectivity index (χ1n) is 8.39. The normalized spacial score (nSPS) is 32.8. The van der Waals surface area contributed by atoms with Crippen LogP contribution in [0.25, 0.3) is 0 Å². The average molecular weight is 335 g/mol. The Morgan fingerprint density at radius 1 is 0.957 bits per heavy atom. The van der Waals surface area contributed by atoms with Gasteiger partial charge in [-0.1, -0.05) is 25.7 Å². The molecule has 0 radical (unpaired) electrons. The third kappa shape index (κ3) is 4.85. The van der Waals surface area contributed by atoms with Crippen LogP contribution in [0.3, 0.4) is 0 Å². The van der Waals surface area contributed by atoms with Crippen molar-refractivity contribution in [2.24, 2.45) is 17.8 Å². The number of amides is 1. The van der Waals surface area contributed by atoms with Gasteiger partial charge in [0.2, 0.25) is 5.91 Å². The topological polar surface area (TPSA) is 66.4 Å². The molecule has 2 unspecified atom stereocenters. The SMILES string of the molecule is O=C(N[C@H]1CCCCC[C@H]1C(=O)O)C1CCCC(C(F)(F)F)C1. The summed E-state index contributed by atoms with van der Waals surface area (Å²) in [6, 6.07) is -0.464. The minimum atomic E-state index is -4.26. The first-order chi connectivity index (χ1) is 10.8. The smallest absolute Gasteiger partial charge is 0.391 e. The summed E-state index contributed by atoms with van der Waals surface area (Å²) in [7, 11) is 0. The number of rotatable bonds is 3. The summed E-state index contributed by atoms with van der Waals surface area (Å²) in [5.74, 6) is -4.06. The number of carboxylic acid groups (broad SMARTS) is 1. The molecule has 132 valence electrons. The Morgan fingerprint density at radius 2 is 1.65 bits per heavy atom. The van der Waals surface area contributed by atoms with Crippen LogP contribution in [0.4, 0.5) is 13.2 Å². The molecule has 0 spiro atoms. The minimum absolute atomic E-state index is 0.0778. The lowest BCUT2D eigenvalue weighted by Crippen LogP contribution is -2.46. The van der Waals surface area contributed by atoms with Gasteiger partial charge in [-0.3, -0.25) is 9.59 Å². The Labute approximate surface area is 133 Å². The molecule has 4 atom stereocenters. The van der Waals surface area contributed by atoms with E-state index in [1.54, 1.807) is 0 Å². The van der Waals surface area contributed by atoms with E-state index >= 15 is 0 Å². The fourth-order valence-corrected chi connectivity index (χ4v) is 3.80. The Morgan fingerprint density at radius 3 is 2.30 bits per heavy atom. The molecule has 0 aromatic heterocycles. The number of halogens is 3. The zero-order chi connectivity index (χ0) is 17.0. The first-order valence-corrected chi connectivity index (χ1v) is 8.39. The lowest BCUT2D eigenvalue weighted by Gasteiger charge is -2.31. The average Bonchev–Trinajstić information content (AvgIpc) is 2.72. The molecule has 4 nitrogen and oxygen atoms in total. The van der Waals surface area contributed by atoms with Crippen LogP contribution in [-0.4, -0.2) is 29.2 Å². The quantitative estimate of drug-likeness (QED) is 0.776. The van der Waals surface area contributed by atoms with E-state index < -0.39 is 41.8 Å². The Kier molecular flexibility index (Phi) is 5.92. The summed E-state index contributed by atoms with van der Waals surface area (Å²) in [6.07, 6.45) is 0.134. The third-order valence-corrected chi connectivity index (χ3v) is 5.17. The molecule has 0 saturated heterocycles. The van der Waals surface area contributed by atoms with E-state index in [1.807, 2.05) is 0 Å². The van der Waals surface area contributed by atoms with Gasteiger partial charge in [-0.25, -0.2) is 0 Å². The lowest BCUT2D eigenvalue weighted by atomic mass is 9.80. The van der Waals surface area contributed by atoms with Gasteiger partial charge in [-0.05, 0) is 32.1 Å². The van der Waals surface area contributed by atoms with Gasteiger partial charge in [0.1, 0.15) is 0 Å². The van der Waals surface area contributed by atoms with Crippen molar-refractivity contribution in [3.8, 4) is 0 Å². The number of carbonyl (C=O) groups excluding carboxylic acids is 1. The largest absolute Gasteiger partial charge is 0.481 e. The van der Waals surface area contributed by atoms with Crippen LogP contribution in [0, 0.1) is 17.8 Å². The van der Waals surface area contributed by atoms with Crippen LogP contribution >= 0.6 is 0 Å². The molecule has 0 aliphatic heterocycles. The van der Waals surface area contributed by atoms with Gasteiger partial charge in [0.15, 0.2) is 0 Å². The Balaban J connectivity index is 1.97. The molecule has 2 N–H and O–H groups in total. The molecule has 0 bridgehead atoms. The summed E-state index contributed by atoms with van der Waals surface area (Å²) in [6.45, 7) is 0. The van der Waals surface area contributed by atoms with E-state index in [1.165, 1.54) is 0 Å². The summed E-state index contributed by atoms with van der Waals surface area (Å²) in [4.78, 5) is 23.7. The summed E-state index contributed by atoms with van der Waals surface area (Å²) in [5, 5.41) is 12.1. The maximum atomic E-state index is 12.8. The molecule has 1 amide bonds. The Hall–Kier alpha value is -1.27. The maximum absolute atomic E-state index is 12.8. The van der Waals surface area contributed by atoms with Crippen LogP contribution in [0.5, 0.6) is 0 Å². The Bertz CT molecular complexity index is 439. The highest BCUT2D eigenvalue weighted by atomic mass is 19.4. The van der Waals surface area contributed by atoms with Crippen molar-refractivity contribution in [1.29, 1.82) is 0 Å². The second kappa shape index (κ2) is 7.53. The molecule has 0 aromatic carbocycles. The molecule has 2 aliphatic carbocycles. The number of alkyl halides is 3. The highest BCUT2D eigenvalue weighted by molar-refractivity contribution is 5.80. The van der Waals surface area contributed by atoms with Gasteiger partial charge in [0.05, 0.1) is 11.8 Å². The molecular formula is C16H24F3NO3. The van der Waals surface area contributed by atoms with Crippen molar-refractivity contribution >= 4 is 11.9 Å². The summed E-state index contributed by atoms with van der Waals surface area (Å²) in [5.41, 5.74) is 0. The van der Waals surface area contributed by atoms with Crippen LogP contribution in [0.1, 0.15) is 57.8 Å². The maximum Gasteiger partial charge on any atom is 0.391 e. The number of hydrogen-bond acceptors (Lipinski definition) is 2. The van der Waals surface area contributed by atoms with Crippen molar-refractivity contribution in [1.82, 2.24) is 5.32 Å². The van der Waals surface area contributed by atoms with Crippen LogP contribution in [0.15, 0.2) is 0 Å². The highest BCUT2D eigenvalue weighted by Gasteiger charge is 2.44. The zero-order valence-corrected chi connectivity index (χ0v) is 13.1. The van der Waals surface area contributed by atoms with E-state index in [0.717, 1.165) is 19.3 Å². The standard InChI is InChI=1S/C16H24F3NO3/c17-16(18,19)11-6-4-5-10(9-11)14(21)20-13-8-3-1-2-7-12(13)15(22)23/h10-13H,1-9H2,(H,20,21)(H,22,23)/t10?,11?,12-,13+/m1/s1. The fraction of sp³-hybridized carbons (Fsp3) is 0.875. The number of aliphatic carboxylic acids is 1. The van der Waals surface area contributed by atoms with Gasteiger partial charge < -0.3 is 10.4 Å². The minimum Gasteiger partial charge on any atom is -0.481 e. The van der Waals surface area contributed by atoms with E-state index in [0.29, 0.717) is 25.7 Å². The van der Waals surface area contributed by atoms with Crippen molar-refractivity contribution < 1.29 is 27.9 Å². The monoisotopic (exact) mass is 335 g/mol. The predicted molar refractivity (Wildman–Crippen MR) is 77.6 cm³/mol. The molecule has 0 aromatic rings. The molecule has 2 aliphatic rings.